The summed E-state index contributed by atoms with van der Waals surface area (Å²) in [5, 5.41) is 4.84. The van der Waals surface area contributed by atoms with Gasteiger partial charge in [0.05, 0.1) is 21.7 Å². The maximum absolute atomic E-state index is 13.1. The summed E-state index contributed by atoms with van der Waals surface area (Å²) in [6.45, 7) is 2.00. The second-order valence-electron chi connectivity index (χ2n) is 7.03. The summed E-state index contributed by atoms with van der Waals surface area (Å²) < 4.78 is 27.4. The van der Waals surface area contributed by atoms with Gasteiger partial charge in [-0.2, -0.15) is 0 Å². The van der Waals surface area contributed by atoms with Crippen LogP contribution in [0.1, 0.15) is 38.0 Å². The smallest absolute Gasteiger partial charge is 0.264 e. The van der Waals surface area contributed by atoms with Crippen molar-refractivity contribution in [2.75, 3.05) is 16.2 Å². The van der Waals surface area contributed by atoms with E-state index in [0.717, 1.165) is 0 Å². The summed E-state index contributed by atoms with van der Waals surface area (Å²) >= 11 is 0. The van der Waals surface area contributed by atoms with Gasteiger partial charge in [0.1, 0.15) is 0 Å². The van der Waals surface area contributed by atoms with Crippen LogP contribution < -0.4 is 14.9 Å². The maximum Gasteiger partial charge on any atom is 0.264 e. The standard InChI is InChI=1S/C23H19N3O5S/c1-2-26(17-6-4-3-5-7-17)32(30,31)18-11-8-15(9-12-18)21(27)24-16-10-13-19-20(14-16)23(29)25-22(19)28/h3-14H,2H2,1H3,(H,24,27)(H,25,28,29). The number of para-hydroxylation sites is 1. The van der Waals surface area contributed by atoms with E-state index in [-0.39, 0.29) is 28.1 Å². The highest BCUT2D eigenvalue weighted by Crippen LogP contribution is 2.24. The van der Waals surface area contributed by atoms with Gasteiger partial charge in [0, 0.05) is 17.8 Å². The topological polar surface area (TPSA) is 113 Å². The predicted molar refractivity (Wildman–Crippen MR) is 119 cm³/mol. The third-order valence-electron chi connectivity index (χ3n) is 5.03. The van der Waals surface area contributed by atoms with Crippen molar-refractivity contribution < 1.29 is 22.8 Å². The Balaban J connectivity index is 1.54. The highest BCUT2D eigenvalue weighted by Gasteiger charge is 2.27. The van der Waals surface area contributed by atoms with E-state index in [1.807, 2.05) is 6.07 Å². The van der Waals surface area contributed by atoms with Gasteiger partial charge in [0.2, 0.25) is 0 Å². The van der Waals surface area contributed by atoms with E-state index in [0.29, 0.717) is 11.4 Å². The molecule has 0 atom stereocenters. The molecule has 0 bridgehead atoms. The summed E-state index contributed by atoms with van der Waals surface area (Å²) in [5.74, 6) is -1.47. The van der Waals surface area contributed by atoms with Gasteiger partial charge in [-0.1, -0.05) is 18.2 Å². The predicted octanol–water partition coefficient (Wildman–Crippen LogP) is 3.04. The first-order valence-corrected chi connectivity index (χ1v) is 11.2. The second-order valence-corrected chi connectivity index (χ2v) is 8.89. The number of carbonyl (C=O) groups is 3. The Morgan fingerprint density at radius 3 is 2.22 bits per heavy atom. The van der Waals surface area contributed by atoms with Crippen LogP contribution in [0.2, 0.25) is 0 Å². The molecule has 3 amide bonds. The number of rotatable bonds is 6. The van der Waals surface area contributed by atoms with E-state index in [1.54, 1.807) is 31.2 Å². The van der Waals surface area contributed by atoms with E-state index in [2.05, 4.69) is 10.6 Å². The highest BCUT2D eigenvalue weighted by molar-refractivity contribution is 7.92. The van der Waals surface area contributed by atoms with Gasteiger partial charge in [-0.15, -0.1) is 0 Å². The van der Waals surface area contributed by atoms with Gasteiger partial charge in [-0.25, -0.2) is 8.42 Å². The molecule has 2 N–H and O–H groups in total. The molecule has 0 saturated heterocycles. The Morgan fingerprint density at radius 2 is 1.56 bits per heavy atom. The van der Waals surface area contributed by atoms with E-state index in [1.165, 1.54) is 46.8 Å². The lowest BCUT2D eigenvalue weighted by molar-refractivity contribution is 0.0878. The summed E-state index contributed by atoms with van der Waals surface area (Å²) in [5.41, 5.74) is 1.58. The van der Waals surface area contributed by atoms with Crippen LogP contribution in [0.15, 0.2) is 77.7 Å². The Morgan fingerprint density at radius 1 is 0.906 bits per heavy atom. The molecule has 0 saturated carbocycles. The van der Waals surface area contributed by atoms with Crippen molar-refractivity contribution in [3.8, 4) is 0 Å². The summed E-state index contributed by atoms with van der Waals surface area (Å²) in [6.07, 6.45) is 0. The van der Waals surface area contributed by atoms with Crippen LogP contribution in [-0.2, 0) is 10.0 Å². The Kier molecular flexibility index (Phi) is 5.50. The number of hydrogen-bond acceptors (Lipinski definition) is 5. The molecule has 1 heterocycles. The largest absolute Gasteiger partial charge is 0.322 e. The van der Waals surface area contributed by atoms with E-state index in [4.69, 9.17) is 0 Å². The molecule has 0 spiro atoms. The fourth-order valence-electron chi connectivity index (χ4n) is 3.44. The molecule has 0 radical (unpaired) electrons. The quantitative estimate of drug-likeness (QED) is 0.562. The highest BCUT2D eigenvalue weighted by atomic mass is 32.2. The van der Waals surface area contributed by atoms with Crippen LogP contribution >= 0.6 is 0 Å². The first kappa shape index (κ1) is 21.3. The SMILES string of the molecule is CCN(c1ccccc1)S(=O)(=O)c1ccc(C(=O)Nc2ccc3c(c2)C(=O)NC3=O)cc1. The molecule has 1 aliphatic heterocycles. The van der Waals surface area contributed by atoms with Gasteiger partial charge in [0.25, 0.3) is 27.7 Å². The normalized spacial score (nSPS) is 12.8. The average molecular weight is 449 g/mol. The minimum atomic E-state index is -3.80. The minimum Gasteiger partial charge on any atom is -0.322 e. The zero-order valence-corrected chi connectivity index (χ0v) is 17.8. The van der Waals surface area contributed by atoms with Crippen LogP contribution in [-0.4, -0.2) is 32.7 Å². The number of nitrogens with zero attached hydrogens (tertiary/aromatic N) is 1. The number of fused-ring (bicyclic) bond motifs is 1. The number of sulfonamides is 1. The molecular formula is C23H19N3O5S. The molecule has 4 rings (SSSR count). The minimum absolute atomic E-state index is 0.0625. The van der Waals surface area contributed by atoms with Gasteiger partial charge >= 0.3 is 0 Å². The maximum atomic E-state index is 13.1. The molecule has 162 valence electrons. The van der Waals surface area contributed by atoms with Gasteiger partial charge < -0.3 is 5.32 Å². The zero-order valence-electron chi connectivity index (χ0n) is 17.0. The molecule has 3 aromatic carbocycles. The van der Waals surface area contributed by atoms with E-state index in [9.17, 15) is 22.8 Å². The number of benzene rings is 3. The van der Waals surface area contributed by atoms with Crippen molar-refractivity contribution in [3.05, 3.63) is 89.5 Å². The number of imide groups is 1. The second kappa shape index (κ2) is 8.27. The fourth-order valence-corrected chi connectivity index (χ4v) is 4.91. The number of carbonyl (C=O) groups excluding carboxylic acids is 3. The van der Waals surface area contributed by atoms with Crippen LogP contribution in [0.3, 0.4) is 0 Å². The molecular weight excluding hydrogens is 430 g/mol. The first-order valence-electron chi connectivity index (χ1n) is 9.80. The third-order valence-corrected chi connectivity index (χ3v) is 6.95. The van der Waals surface area contributed by atoms with Crippen LogP contribution in [0.4, 0.5) is 11.4 Å². The van der Waals surface area contributed by atoms with E-state index >= 15 is 0 Å². The van der Waals surface area contributed by atoms with Gasteiger partial charge in [-0.3, -0.25) is 24.0 Å². The fraction of sp³-hybridized carbons (Fsp3) is 0.0870. The lowest BCUT2D eigenvalue weighted by atomic mass is 10.1. The van der Waals surface area contributed by atoms with Crippen molar-refractivity contribution in [1.82, 2.24) is 5.32 Å². The van der Waals surface area contributed by atoms with Crippen molar-refractivity contribution in [3.63, 3.8) is 0 Å². The van der Waals surface area contributed by atoms with Gasteiger partial charge in [0.15, 0.2) is 0 Å². The third kappa shape index (κ3) is 3.85. The molecule has 9 heteroatoms. The Hall–Kier alpha value is -3.98. The molecule has 3 aromatic rings. The molecule has 0 unspecified atom stereocenters. The van der Waals surface area contributed by atoms with Crippen molar-refractivity contribution >= 4 is 39.1 Å². The molecule has 0 aliphatic carbocycles. The number of anilines is 2. The van der Waals surface area contributed by atoms with E-state index < -0.39 is 27.7 Å². The van der Waals surface area contributed by atoms with Crippen molar-refractivity contribution in [2.45, 2.75) is 11.8 Å². The number of amides is 3. The molecule has 32 heavy (non-hydrogen) atoms. The lowest BCUT2D eigenvalue weighted by Gasteiger charge is -2.23. The monoisotopic (exact) mass is 449 g/mol. The first-order chi connectivity index (χ1) is 15.3. The summed E-state index contributed by atoms with van der Waals surface area (Å²) in [6, 6.07) is 18.8. The van der Waals surface area contributed by atoms with Crippen LogP contribution in [0, 0.1) is 0 Å². The average Bonchev–Trinajstić information content (AvgIpc) is 3.08. The van der Waals surface area contributed by atoms with Crippen LogP contribution in [0.5, 0.6) is 0 Å². The lowest BCUT2D eigenvalue weighted by Crippen LogP contribution is -2.30. The Bertz CT molecular complexity index is 1320. The van der Waals surface area contributed by atoms with Crippen molar-refractivity contribution in [2.24, 2.45) is 0 Å². The summed E-state index contributed by atoms with van der Waals surface area (Å²) in [4.78, 5) is 36.1. The number of nitrogens with one attached hydrogen (secondary N) is 2. The zero-order chi connectivity index (χ0) is 22.9. The Labute approximate surface area is 184 Å². The molecule has 8 nitrogen and oxygen atoms in total. The molecule has 0 fully saturated rings. The van der Waals surface area contributed by atoms with Crippen molar-refractivity contribution in [1.29, 1.82) is 0 Å². The van der Waals surface area contributed by atoms with Crippen LogP contribution in [0.25, 0.3) is 0 Å². The number of hydrogen-bond donors (Lipinski definition) is 2. The molecule has 0 aromatic heterocycles. The summed E-state index contributed by atoms with van der Waals surface area (Å²) in [7, 11) is -3.80. The van der Waals surface area contributed by atoms with Gasteiger partial charge in [-0.05, 0) is 61.5 Å². The molecule has 1 aliphatic rings.